The molecule has 10 nitrogen and oxygen atoms in total. The molecule has 11 heteroatoms. The Hall–Kier alpha value is -3.19. The first-order valence-electron chi connectivity index (χ1n) is 11.8. The molecule has 1 aliphatic rings. The molecule has 2 aromatic carbocycles. The number of hydrazone groups is 1. The number of ether oxygens (including phenoxy) is 3. The van der Waals surface area contributed by atoms with Crippen LogP contribution in [0.1, 0.15) is 35.1 Å². The van der Waals surface area contributed by atoms with Crippen LogP contribution in [0.4, 0.5) is 5.69 Å². The number of carbonyl (C=O) groups is 3. The topological polar surface area (TPSA) is 127 Å². The van der Waals surface area contributed by atoms with Crippen LogP contribution in [0.5, 0.6) is 11.5 Å². The van der Waals surface area contributed by atoms with Crippen molar-refractivity contribution in [3.63, 3.8) is 0 Å². The van der Waals surface area contributed by atoms with Crippen LogP contribution in [-0.4, -0.2) is 56.9 Å². The fourth-order valence-corrected chi connectivity index (χ4v) is 4.73. The zero-order valence-electron chi connectivity index (χ0n) is 21.3. The number of hydrogen-bond donors (Lipinski definition) is 3. The first-order valence-corrected chi connectivity index (χ1v) is 12.9. The molecule has 3 amide bonds. The second kappa shape index (κ2) is 13.4. The zero-order valence-corrected chi connectivity index (χ0v) is 23.4. The molecule has 0 radical (unpaired) electrons. The van der Waals surface area contributed by atoms with Crippen molar-refractivity contribution in [2.45, 2.75) is 39.7 Å². The van der Waals surface area contributed by atoms with Gasteiger partial charge < -0.3 is 24.8 Å². The van der Waals surface area contributed by atoms with Crippen molar-refractivity contribution in [1.82, 2.24) is 10.7 Å². The number of benzene rings is 2. The van der Waals surface area contributed by atoms with Gasteiger partial charge in [-0.25, -0.2) is 5.43 Å². The van der Waals surface area contributed by atoms with Gasteiger partial charge in [-0.15, -0.1) is 0 Å². The number of anilines is 1. The summed E-state index contributed by atoms with van der Waals surface area (Å²) in [4.78, 5) is 36.4. The van der Waals surface area contributed by atoms with E-state index in [0.717, 1.165) is 35.2 Å². The lowest BCUT2D eigenvalue weighted by atomic mass is 10.1. The Morgan fingerprint density at radius 1 is 1.14 bits per heavy atom. The lowest BCUT2D eigenvalue weighted by Gasteiger charge is -2.15. The highest BCUT2D eigenvalue weighted by molar-refractivity contribution is 14.1. The molecule has 1 atom stereocenters. The molecule has 3 rings (SSSR count). The number of rotatable bonds is 9. The molecule has 1 fully saturated rings. The van der Waals surface area contributed by atoms with Gasteiger partial charge in [-0.1, -0.05) is 17.7 Å². The van der Waals surface area contributed by atoms with Crippen LogP contribution >= 0.6 is 22.6 Å². The number of amides is 3. The van der Waals surface area contributed by atoms with Crippen molar-refractivity contribution in [3.05, 3.63) is 50.1 Å². The average Bonchev–Trinajstić information content (AvgIpc) is 3.37. The Kier molecular flexibility index (Phi) is 10.3. The van der Waals surface area contributed by atoms with Crippen LogP contribution in [0.2, 0.25) is 0 Å². The summed E-state index contributed by atoms with van der Waals surface area (Å²) in [5, 5.41) is 9.29. The van der Waals surface area contributed by atoms with Crippen LogP contribution in [0.25, 0.3) is 0 Å². The van der Waals surface area contributed by atoms with Gasteiger partial charge in [0.2, 0.25) is 0 Å². The molecule has 1 heterocycles. The van der Waals surface area contributed by atoms with Gasteiger partial charge in [-0.3, -0.25) is 14.4 Å². The van der Waals surface area contributed by atoms with Crippen molar-refractivity contribution in [2.75, 3.05) is 32.2 Å². The van der Waals surface area contributed by atoms with Crippen LogP contribution in [-0.2, 0) is 19.1 Å². The van der Waals surface area contributed by atoms with Crippen LogP contribution in [0.3, 0.4) is 0 Å². The van der Waals surface area contributed by atoms with Gasteiger partial charge in [0.15, 0.2) is 18.1 Å². The Balaban J connectivity index is 1.56. The Labute approximate surface area is 229 Å². The fourth-order valence-electron chi connectivity index (χ4n) is 3.95. The summed E-state index contributed by atoms with van der Waals surface area (Å²) in [6, 6.07) is 7.42. The summed E-state index contributed by atoms with van der Waals surface area (Å²) in [6.45, 7) is 6.66. The van der Waals surface area contributed by atoms with Crippen molar-refractivity contribution in [3.8, 4) is 11.5 Å². The Bertz CT molecular complexity index is 1170. The fraction of sp³-hybridized carbons (Fsp3) is 0.385. The van der Waals surface area contributed by atoms with E-state index in [4.69, 9.17) is 14.2 Å². The molecule has 0 spiro atoms. The molecule has 198 valence electrons. The lowest BCUT2D eigenvalue weighted by molar-refractivity contribution is -0.139. The van der Waals surface area contributed by atoms with E-state index in [1.165, 1.54) is 13.3 Å². The first kappa shape index (κ1) is 28.4. The highest BCUT2D eigenvalue weighted by Gasteiger charge is 2.19. The molecule has 0 saturated carbocycles. The molecule has 1 aliphatic heterocycles. The third-order valence-corrected chi connectivity index (χ3v) is 6.44. The minimum atomic E-state index is -0.874. The smallest absolute Gasteiger partial charge is 0.329 e. The zero-order chi connectivity index (χ0) is 26.9. The quantitative estimate of drug-likeness (QED) is 0.171. The summed E-state index contributed by atoms with van der Waals surface area (Å²) in [6.07, 6.45) is 3.13. The van der Waals surface area contributed by atoms with Gasteiger partial charge >= 0.3 is 11.8 Å². The molecule has 2 aromatic rings. The molecule has 1 saturated heterocycles. The predicted octanol–water partition coefficient (Wildman–Crippen LogP) is 2.99. The highest BCUT2D eigenvalue weighted by atomic mass is 127. The SMILES string of the molecule is COc1cc(/C=N\NC(=O)C(=O)NC[C@@H]2CCCO2)cc(I)c1OCC(=O)Nc1c(C)cc(C)cc1C. The van der Waals surface area contributed by atoms with Gasteiger partial charge in [-0.05, 0) is 85.0 Å². The van der Waals surface area contributed by atoms with Crippen LogP contribution in [0.15, 0.2) is 29.4 Å². The van der Waals surface area contributed by atoms with Crippen molar-refractivity contribution < 1.29 is 28.6 Å². The van der Waals surface area contributed by atoms with Gasteiger partial charge in [0.1, 0.15) is 0 Å². The third kappa shape index (κ3) is 8.15. The number of methoxy groups -OCH3 is 1. The molecule has 0 aliphatic carbocycles. The minimum absolute atomic E-state index is 0.0579. The lowest BCUT2D eigenvalue weighted by Crippen LogP contribution is -2.41. The van der Waals surface area contributed by atoms with Gasteiger partial charge in [-0.2, -0.15) is 5.10 Å². The normalized spacial score (nSPS) is 14.9. The molecule has 37 heavy (non-hydrogen) atoms. The number of carbonyl (C=O) groups excluding carboxylic acids is 3. The summed E-state index contributed by atoms with van der Waals surface area (Å²) in [5.74, 6) is -1.15. The molecule has 0 aromatic heterocycles. The Morgan fingerprint density at radius 3 is 2.51 bits per heavy atom. The van der Waals surface area contributed by atoms with Crippen LogP contribution in [0, 0.1) is 24.3 Å². The van der Waals surface area contributed by atoms with Crippen molar-refractivity contribution in [1.29, 1.82) is 0 Å². The standard InChI is InChI=1S/C26H31IN4O6/c1-15-8-16(2)23(17(3)9-15)30-22(32)14-37-24-20(27)10-18(11-21(24)35-4)12-29-31-26(34)25(33)28-13-19-6-5-7-36-19/h8-12,19H,5-7,13-14H2,1-4H3,(H,28,33)(H,30,32)(H,31,34)/b29-12-/t19-/m0/s1. The Morgan fingerprint density at radius 2 is 1.86 bits per heavy atom. The van der Waals surface area contributed by atoms with Crippen LogP contribution < -0.4 is 25.5 Å². The van der Waals surface area contributed by atoms with Gasteiger partial charge in [0.05, 0.1) is 23.0 Å². The maximum absolute atomic E-state index is 12.6. The van der Waals surface area contributed by atoms with E-state index in [9.17, 15) is 14.4 Å². The molecular weight excluding hydrogens is 591 g/mol. The number of nitrogens with zero attached hydrogens (tertiary/aromatic N) is 1. The number of hydrogen-bond acceptors (Lipinski definition) is 7. The second-order valence-corrected chi connectivity index (χ2v) is 9.85. The first-order chi connectivity index (χ1) is 17.7. The molecular formula is C26H31IN4O6. The van der Waals surface area contributed by atoms with E-state index in [1.807, 2.05) is 32.9 Å². The predicted molar refractivity (Wildman–Crippen MR) is 148 cm³/mol. The van der Waals surface area contributed by atoms with E-state index in [0.29, 0.717) is 27.2 Å². The van der Waals surface area contributed by atoms with E-state index >= 15 is 0 Å². The van der Waals surface area contributed by atoms with E-state index in [2.05, 4.69) is 43.8 Å². The average molecular weight is 622 g/mol. The minimum Gasteiger partial charge on any atom is -0.493 e. The van der Waals surface area contributed by atoms with E-state index in [1.54, 1.807) is 12.1 Å². The molecule has 0 unspecified atom stereocenters. The van der Waals surface area contributed by atoms with Gasteiger partial charge in [0.25, 0.3) is 5.91 Å². The second-order valence-electron chi connectivity index (χ2n) is 8.69. The van der Waals surface area contributed by atoms with Crippen molar-refractivity contribution in [2.24, 2.45) is 5.10 Å². The highest BCUT2D eigenvalue weighted by Crippen LogP contribution is 2.33. The number of halogens is 1. The van der Waals surface area contributed by atoms with E-state index < -0.39 is 11.8 Å². The van der Waals surface area contributed by atoms with Gasteiger partial charge in [0, 0.05) is 18.8 Å². The largest absolute Gasteiger partial charge is 0.493 e. The van der Waals surface area contributed by atoms with E-state index in [-0.39, 0.29) is 25.2 Å². The number of aryl methyl sites for hydroxylation is 3. The summed E-state index contributed by atoms with van der Waals surface area (Å²) in [7, 11) is 1.48. The summed E-state index contributed by atoms with van der Waals surface area (Å²) < 4.78 is 17.3. The summed E-state index contributed by atoms with van der Waals surface area (Å²) in [5.41, 5.74) is 6.67. The molecule has 3 N–H and O–H groups in total. The number of nitrogens with one attached hydrogen (secondary N) is 3. The third-order valence-electron chi connectivity index (χ3n) is 5.64. The van der Waals surface area contributed by atoms with Crippen molar-refractivity contribution >= 4 is 52.2 Å². The summed E-state index contributed by atoms with van der Waals surface area (Å²) >= 11 is 2.06. The monoisotopic (exact) mass is 622 g/mol. The maximum Gasteiger partial charge on any atom is 0.329 e. The maximum atomic E-state index is 12.6. The molecule has 0 bridgehead atoms.